The Morgan fingerprint density at radius 1 is 1.29 bits per heavy atom. The molecule has 0 radical (unpaired) electrons. The van der Waals surface area contributed by atoms with Gasteiger partial charge in [0.1, 0.15) is 11.4 Å². The summed E-state index contributed by atoms with van der Waals surface area (Å²) in [5, 5.41) is 5.80. The van der Waals surface area contributed by atoms with Crippen LogP contribution in [0.4, 0.5) is 23.4 Å². The van der Waals surface area contributed by atoms with Crippen LogP contribution in [-0.4, -0.2) is 35.7 Å². The van der Waals surface area contributed by atoms with Crippen molar-refractivity contribution in [2.24, 2.45) is 5.92 Å². The number of hydrogen-bond acceptors (Lipinski definition) is 4. The number of halogens is 5. The Kier molecular flexibility index (Phi) is 3.65. The number of nitrogens with zero attached hydrogens (tertiary/aromatic N) is 2. The lowest BCUT2D eigenvalue weighted by Crippen LogP contribution is -2.53. The Bertz CT molecular complexity index is 783. The van der Waals surface area contributed by atoms with E-state index < -0.39 is 28.2 Å². The van der Waals surface area contributed by atoms with E-state index in [-0.39, 0.29) is 17.2 Å². The van der Waals surface area contributed by atoms with Crippen LogP contribution in [0, 0.1) is 11.7 Å². The molecular weight excluding hydrogens is 350 g/mol. The van der Waals surface area contributed by atoms with Crippen LogP contribution >= 0.6 is 11.6 Å². The SMILES string of the molecule is Fc1cc2c(NC3CN4CCC3CC4)noc2c(C(F)(F)F)c1Cl. The van der Waals surface area contributed by atoms with Crippen LogP contribution < -0.4 is 5.32 Å². The zero-order valence-electron chi connectivity index (χ0n) is 12.5. The van der Waals surface area contributed by atoms with Crippen LogP contribution in [-0.2, 0) is 6.18 Å². The average Bonchev–Trinajstić information content (AvgIpc) is 2.90. The zero-order valence-corrected chi connectivity index (χ0v) is 13.2. The van der Waals surface area contributed by atoms with E-state index in [1.165, 1.54) is 0 Å². The summed E-state index contributed by atoms with van der Waals surface area (Å²) in [5.41, 5.74) is -1.87. The molecule has 1 aromatic carbocycles. The summed E-state index contributed by atoms with van der Waals surface area (Å²) in [6.45, 7) is 2.86. The van der Waals surface area contributed by atoms with Crippen LogP contribution in [0.3, 0.4) is 0 Å². The van der Waals surface area contributed by atoms with Crippen molar-refractivity contribution in [2.45, 2.75) is 25.1 Å². The Hall–Kier alpha value is -1.54. The summed E-state index contributed by atoms with van der Waals surface area (Å²) < 4.78 is 58.3. The first kappa shape index (κ1) is 16.0. The predicted molar refractivity (Wildman–Crippen MR) is 80.6 cm³/mol. The minimum Gasteiger partial charge on any atom is -0.362 e. The number of piperidine rings is 3. The Balaban J connectivity index is 1.74. The van der Waals surface area contributed by atoms with Gasteiger partial charge in [0.15, 0.2) is 11.4 Å². The van der Waals surface area contributed by atoms with Gasteiger partial charge in [-0.1, -0.05) is 16.8 Å². The topological polar surface area (TPSA) is 41.3 Å². The normalized spacial score (nSPS) is 27.0. The fourth-order valence-electron chi connectivity index (χ4n) is 3.68. The van der Waals surface area contributed by atoms with E-state index in [0.717, 1.165) is 38.5 Å². The first-order valence-corrected chi connectivity index (χ1v) is 8.06. The van der Waals surface area contributed by atoms with Crippen molar-refractivity contribution in [2.75, 3.05) is 25.0 Å². The second-order valence-electron chi connectivity index (χ2n) is 6.34. The number of anilines is 1. The third-order valence-electron chi connectivity index (χ3n) is 4.92. The maximum atomic E-state index is 13.9. The fourth-order valence-corrected chi connectivity index (χ4v) is 3.93. The molecule has 0 saturated carbocycles. The molecule has 3 aliphatic rings. The maximum Gasteiger partial charge on any atom is 0.421 e. The summed E-state index contributed by atoms with van der Waals surface area (Å²) in [5.74, 6) is -0.581. The summed E-state index contributed by atoms with van der Waals surface area (Å²) >= 11 is 5.50. The molecule has 0 amide bonds. The average molecular weight is 364 g/mol. The summed E-state index contributed by atoms with van der Waals surface area (Å²) in [7, 11) is 0. The molecule has 1 aromatic heterocycles. The second-order valence-corrected chi connectivity index (χ2v) is 6.72. The quantitative estimate of drug-likeness (QED) is 0.814. The van der Waals surface area contributed by atoms with Gasteiger partial charge in [0.05, 0.1) is 10.4 Å². The molecule has 0 aliphatic carbocycles. The van der Waals surface area contributed by atoms with Gasteiger partial charge in [-0.2, -0.15) is 13.2 Å². The third-order valence-corrected chi connectivity index (χ3v) is 5.29. The van der Waals surface area contributed by atoms with Gasteiger partial charge in [0, 0.05) is 12.6 Å². The molecule has 5 rings (SSSR count). The van der Waals surface area contributed by atoms with E-state index >= 15 is 0 Å². The molecule has 4 nitrogen and oxygen atoms in total. The van der Waals surface area contributed by atoms with Crippen molar-refractivity contribution in [1.29, 1.82) is 0 Å². The molecule has 3 aliphatic heterocycles. The molecule has 130 valence electrons. The molecule has 2 aromatic rings. The van der Waals surface area contributed by atoms with E-state index in [0.29, 0.717) is 5.92 Å². The number of rotatable bonds is 2. The Labute approximate surface area is 139 Å². The number of nitrogens with one attached hydrogen (secondary N) is 1. The molecule has 0 spiro atoms. The first-order valence-electron chi connectivity index (χ1n) is 7.68. The number of fused-ring (bicyclic) bond motifs is 4. The van der Waals surface area contributed by atoms with Crippen LogP contribution in [0.2, 0.25) is 5.02 Å². The van der Waals surface area contributed by atoms with Gasteiger partial charge >= 0.3 is 6.18 Å². The highest BCUT2D eigenvalue weighted by atomic mass is 35.5. The summed E-state index contributed by atoms with van der Waals surface area (Å²) in [6, 6.07) is 1.00. The van der Waals surface area contributed by atoms with Crippen molar-refractivity contribution in [3.8, 4) is 0 Å². The van der Waals surface area contributed by atoms with Gasteiger partial charge in [0.25, 0.3) is 0 Å². The lowest BCUT2D eigenvalue weighted by atomic mass is 9.84. The molecule has 3 fully saturated rings. The van der Waals surface area contributed by atoms with Gasteiger partial charge in [-0.3, -0.25) is 0 Å². The van der Waals surface area contributed by atoms with Gasteiger partial charge in [-0.05, 0) is 37.9 Å². The van der Waals surface area contributed by atoms with Gasteiger partial charge in [0.2, 0.25) is 0 Å². The van der Waals surface area contributed by atoms with E-state index in [1.807, 2.05) is 0 Å². The fraction of sp³-hybridized carbons (Fsp3) is 0.533. The van der Waals surface area contributed by atoms with E-state index in [1.54, 1.807) is 0 Å². The molecule has 1 atom stereocenters. The predicted octanol–water partition coefficient (Wildman–Crippen LogP) is 4.15. The second kappa shape index (κ2) is 5.49. The van der Waals surface area contributed by atoms with E-state index in [2.05, 4.69) is 15.4 Å². The Morgan fingerprint density at radius 3 is 2.58 bits per heavy atom. The van der Waals surface area contributed by atoms with Gasteiger partial charge < -0.3 is 14.7 Å². The number of aromatic nitrogens is 1. The molecular formula is C15H14ClF4N3O. The minimum atomic E-state index is -4.83. The number of benzene rings is 1. The van der Waals surface area contributed by atoms with Gasteiger partial charge in [-0.25, -0.2) is 4.39 Å². The van der Waals surface area contributed by atoms with Crippen LogP contribution in [0.1, 0.15) is 18.4 Å². The molecule has 9 heteroatoms. The highest BCUT2D eigenvalue weighted by Crippen LogP contribution is 2.43. The molecule has 3 saturated heterocycles. The molecule has 1 unspecified atom stereocenters. The third kappa shape index (κ3) is 2.52. The molecule has 24 heavy (non-hydrogen) atoms. The van der Waals surface area contributed by atoms with Crippen LogP contribution in [0.25, 0.3) is 11.0 Å². The molecule has 1 N–H and O–H groups in total. The lowest BCUT2D eigenvalue weighted by molar-refractivity contribution is -0.137. The van der Waals surface area contributed by atoms with E-state index in [9.17, 15) is 17.6 Å². The summed E-state index contributed by atoms with van der Waals surface area (Å²) in [6.07, 6.45) is -2.77. The number of alkyl halides is 3. The minimum absolute atomic E-state index is 0.0410. The zero-order chi connectivity index (χ0) is 17.1. The monoisotopic (exact) mass is 363 g/mol. The standard InChI is InChI=1S/C15H14ClF4N3O/c16-12-9(17)5-8-13(11(12)15(18,19)20)24-22-14(8)21-10-6-23-3-1-7(10)2-4-23/h5,7,10H,1-4,6H2,(H,21,22). The lowest BCUT2D eigenvalue weighted by Gasteiger charge is -2.44. The molecule has 2 bridgehead atoms. The van der Waals surface area contributed by atoms with E-state index in [4.69, 9.17) is 16.1 Å². The van der Waals surface area contributed by atoms with Gasteiger partial charge in [-0.15, -0.1) is 0 Å². The van der Waals surface area contributed by atoms with Crippen molar-refractivity contribution in [3.05, 3.63) is 22.5 Å². The van der Waals surface area contributed by atoms with Crippen molar-refractivity contribution < 1.29 is 22.1 Å². The number of hydrogen-bond donors (Lipinski definition) is 1. The van der Waals surface area contributed by atoms with Crippen molar-refractivity contribution in [3.63, 3.8) is 0 Å². The molecule has 4 heterocycles. The largest absolute Gasteiger partial charge is 0.421 e. The van der Waals surface area contributed by atoms with Crippen molar-refractivity contribution in [1.82, 2.24) is 10.1 Å². The van der Waals surface area contributed by atoms with Crippen LogP contribution in [0.15, 0.2) is 10.6 Å². The maximum absolute atomic E-state index is 13.9. The highest BCUT2D eigenvalue weighted by molar-refractivity contribution is 6.32. The van der Waals surface area contributed by atoms with Crippen molar-refractivity contribution >= 4 is 28.4 Å². The smallest absolute Gasteiger partial charge is 0.362 e. The van der Waals surface area contributed by atoms with Crippen LogP contribution in [0.5, 0.6) is 0 Å². The first-order chi connectivity index (χ1) is 11.3. The highest BCUT2D eigenvalue weighted by Gasteiger charge is 2.40. The summed E-state index contributed by atoms with van der Waals surface area (Å²) in [4.78, 5) is 2.29. The Morgan fingerprint density at radius 2 is 2.00 bits per heavy atom.